The third-order valence-electron chi connectivity index (χ3n) is 5.38. The van der Waals surface area contributed by atoms with Crippen LogP contribution in [0.5, 0.6) is 0 Å². The highest BCUT2D eigenvalue weighted by Crippen LogP contribution is 2.34. The molecule has 3 fully saturated rings. The molecular weight excluding hydrogens is 306 g/mol. The van der Waals surface area contributed by atoms with Crippen LogP contribution >= 0.6 is 0 Å². The third kappa shape index (κ3) is 2.69. The number of pyridine rings is 1. The maximum Gasteiger partial charge on any atom is 0.252 e. The predicted octanol–water partition coefficient (Wildman–Crippen LogP) is 1.27. The van der Waals surface area contributed by atoms with Crippen LogP contribution in [0.3, 0.4) is 0 Å². The SMILES string of the molecule is Cc1cccc(CN2C(=O)C[C@@H]3[C@@H]2CCN3C(=O)C2CCCO2)n1. The second-order valence-electron chi connectivity index (χ2n) is 6.95. The van der Waals surface area contributed by atoms with Crippen molar-refractivity contribution in [3.63, 3.8) is 0 Å². The highest BCUT2D eigenvalue weighted by atomic mass is 16.5. The lowest BCUT2D eigenvalue weighted by Gasteiger charge is -2.26. The highest BCUT2D eigenvalue weighted by Gasteiger charge is 2.49. The molecule has 1 aromatic rings. The Morgan fingerprint density at radius 2 is 2.21 bits per heavy atom. The van der Waals surface area contributed by atoms with Gasteiger partial charge in [0.15, 0.2) is 0 Å². The number of carbonyl (C=O) groups is 2. The van der Waals surface area contributed by atoms with Crippen LogP contribution in [0.2, 0.25) is 0 Å². The molecule has 1 unspecified atom stereocenters. The zero-order valence-corrected chi connectivity index (χ0v) is 14.0. The fraction of sp³-hybridized carbons (Fsp3) is 0.611. The molecule has 4 rings (SSSR count). The molecule has 0 aliphatic carbocycles. The number of carbonyl (C=O) groups excluding carboxylic acids is 2. The quantitative estimate of drug-likeness (QED) is 0.838. The van der Waals surface area contributed by atoms with Crippen molar-refractivity contribution in [2.45, 2.75) is 57.3 Å². The van der Waals surface area contributed by atoms with Crippen LogP contribution in [-0.4, -0.2) is 57.9 Å². The monoisotopic (exact) mass is 329 g/mol. The molecule has 0 N–H and O–H groups in total. The van der Waals surface area contributed by atoms with Crippen LogP contribution < -0.4 is 0 Å². The van der Waals surface area contributed by atoms with Gasteiger partial charge in [-0.25, -0.2) is 0 Å². The summed E-state index contributed by atoms with van der Waals surface area (Å²) in [7, 11) is 0. The van der Waals surface area contributed by atoms with Gasteiger partial charge in [0, 0.05) is 25.3 Å². The number of amides is 2. The van der Waals surface area contributed by atoms with Gasteiger partial charge in [-0.15, -0.1) is 0 Å². The Balaban J connectivity index is 1.48. The molecule has 3 aliphatic rings. The van der Waals surface area contributed by atoms with E-state index in [2.05, 4.69) is 4.98 Å². The molecular formula is C18H23N3O3. The third-order valence-corrected chi connectivity index (χ3v) is 5.38. The zero-order valence-electron chi connectivity index (χ0n) is 14.0. The number of aryl methyl sites for hydroxylation is 1. The smallest absolute Gasteiger partial charge is 0.252 e. The van der Waals surface area contributed by atoms with E-state index in [0.29, 0.717) is 19.6 Å². The average molecular weight is 329 g/mol. The van der Waals surface area contributed by atoms with Gasteiger partial charge in [-0.1, -0.05) is 6.07 Å². The van der Waals surface area contributed by atoms with Gasteiger partial charge in [0.2, 0.25) is 5.91 Å². The first-order chi connectivity index (χ1) is 11.6. The van der Waals surface area contributed by atoms with Crippen molar-refractivity contribution >= 4 is 11.8 Å². The van der Waals surface area contributed by atoms with Gasteiger partial charge in [0.25, 0.3) is 5.91 Å². The van der Waals surface area contributed by atoms with E-state index in [4.69, 9.17) is 4.74 Å². The van der Waals surface area contributed by atoms with Gasteiger partial charge in [-0.05, 0) is 38.3 Å². The summed E-state index contributed by atoms with van der Waals surface area (Å²) in [4.78, 5) is 33.5. The Labute approximate surface area is 141 Å². The van der Waals surface area contributed by atoms with Crippen molar-refractivity contribution in [2.75, 3.05) is 13.2 Å². The van der Waals surface area contributed by atoms with Crippen molar-refractivity contribution < 1.29 is 14.3 Å². The van der Waals surface area contributed by atoms with Crippen molar-refractivity contribution in [3.05, 3.63) is 29.6 Å². The number of fused-ring (bicyclic) bond motifs is 1. The molecule has 0 saturated carbocycles. The van der Waals surface area contributed by atoms with E-state index >= 15 is 0 Å². The fourth-order valence-corrected chi connectivity index (χ4v) is 4.23. The topological polar surface area (TPSA) is 62.7 Å². The molecule has 0 aromatic carbocycles. The van der Waals surface area contributed by atoms with E-state index in [1.165, 1.54) is 0 Å². The summed E-state index contributed by atoms with van der Waals surface area (Å²) in [5.41, 5.74) is 1.87. The number of likely N-dealkylation sites (tertiary alicyclic amines) is 2. The summed E-state index contributed by atoms with van der Waals surface area (Å²) in [6, 6.07) is 6.00. The molecule has 0 bridgehead atoms. The Hall–Kier alpha value is -1.95. The lowest BCUT2D eigenvalue weighted by molar-refractivity contribution is -0.141. The standard InChI is InChI=1S/C18H23N3O3/c1-12-4-2-5-13(19-12)11-21-14-7-8-20(15(14)10-17(21)22)18(23)16-6-3-9-24-16/h2,4-5,14-16H,3,6-11H2,1H3/t14-,15+,16?/m0/s1. The Kier molecular flexibility index (Phi) is 4.00. The predicted molar refractivity (Wildman–Crippen MR) is 87.0 cm³/mol. The number of rotatable bonds is 3. The zero-order chi connectivity index (χ0) is 16.7. The number of hydrogen-bond acceptors (Lipinski definition) is 4. The first-order valence-electron chi connectivity index (χ1n) is 8.77. The molecule has 4 heterocycles. The van der Waals surface area contributed by atoms with Crippen LogP contribution in [0.15, 0.2) is 18.2 Å². The summed E-state index contributed by atoms with van der Waals surface area (Å²) in [5, 5.41) is 0. The summed E-state index contributed by atoms with van der Waals surface area (Å²) >= 11 is 0. The minimum Gasteiger partial charge on any atom is -0.368 e. The second kappa shape index (κ2) is 6.16. The molecule has 6 heteroatoms. The summed E-state index contributed by atoms with van der Waals surface area (Å²) in [6.07, 6.45) is 2.72. The van der Waals surface area contributed by atoms with Crippen LogP contribution in [0.4, 0.5) is 0 Å². The molecule has 3 atom stereocenters. The van der Waals surface area contributed by atoms with Crippen LogP contribution in [0.25, 0.3) is 0 Å². The van der Waals surface area contributed by atoms with Gasteiger partial charge in [-0.2, -0.15) is 0 Å². The normalized spacial score (nSPS) is 29.4. The second-order valence-corrected chi connectivity index (χ2v) is 6.95. The van der Waals surface area contributed by atoms with Crippen LogP contribution in [-0.2, 0) is 20.9 Å². The van der Waals surface area contributed by atoms with Crippen LogP contribution in [0.1, 0.15) is 37.1 Å². The van der Waals surface area contributed by atoms with E-state index in [1.807, 2.05) is 34.9 Å². The van der Waals surface area contributed by atoms with Gasteiger partial charge >= 0.3 is 0 Å². The first kappa shape index (κ1) is 15.6. The van der Waals surface area contributed by atoms with E-state index in [9.17, 15) is 9.59 Å². The summed E-state index contributed by atoms with van der Waals surface area (Å²) < 4.78 is 5.54. The lowest BCUT2D eigenvalue weighted by Crippen LogP contribution is -2.44. The molecule has 3 saturated heterocycles. The number of hydrogen-bond donors (Lipinski definition) is 0. The van der Waals surface area contributed by atoms with Crippen molar-refractivity contribution in [1.29, 1.82) is 0 Å². The molecule has 1 aromatic heterocycles. The molecule has 0 radical (unpaired) electrons. The highest BCUT2D eigenvalue weighted by molar-refractivity contribution is 5.85. The molecule has 6 nitrogen and oxygen atoms in total. The Morgan fingerprint density at radius 1 is 1.33 bits per heavy atom. The number of nitrogens with zero attached hydrogens (tertiary/aromatic N) is 3. The molecule has 24 heavy (non-hydrogen) atoms. The van der Waals surface area contributed by atoms with Gasteiger partial charge in [-0.3, -0.25) is 14.6 Å². The largest absolute Gasteiger partial charge is 0.368 e. The fourth-order valence-electron chi connectivity index (χ4n) is 4.23. The minimum absolute atomic E-state index is 0.000917. The van der Waals surface area contributed by atoms with Gasteiger partial charge in [0.05, 0.1) is 24.3 Å². The minimum atomic E-state index is -0.300. The van der Waals surface area contributed by atoms with E-state index in [0.717, 1.165) is 37.2 Å². The molecule has 0 spiro atoms. The van der Waals surface area contributed by atoms with E-state index in [1.54, 1.807) is 0 Å². The van der Waals surface area contributed by atoms with E-state index in [-0.39, 0.29) is 30.0 Å². The summed E-state index contributed by atoms with van der Waals surface area (Å²) in [5.74, 6) is 0.196. The van der Waals surface area contributed by atoms with Gasteiger partial charge in [0.1, 0.15) is 6.10 Å². The maximum atomic E-state index is 12.7. The summed E-state index contributed by atoms with van der Waals surface area (Å²) in [6.45, 7) is 3.88. The van der Waals surface area contributed by atoms with Crippen LogP contribution in [0, 0.1) is 6.92 Å². The van der Waals surface area contributed by atoms with Gasteiger partial charge < -0.3 is 14.5 Å². The van der Waals surface area contributed by atoms with Crippen molar-refractivity contribution in [1.82, 2.24) is 14.8 Å². The molecule has 128 valence electrons. The van der Waals surface area contributed by atoms with Crippen molar-refractivity contribution in [3.8, 4) is 0 Å². The molecule has 2 amide bonds. The first-order valence-corrected chi connectivity index (χ1v) is 8.77. The number of aromatic nitrogens is 1. The number of ether oxygens (including phenoxy) is 1. The maximum absolute atomic E-state index is 12.7. The average Bonchev–Trinajstić information content (AvgIpc) is 3.26. The Bertz CT molecular complexity index is 657. The van der Waals surface area contributed by atoms with E-state index < -0.39 is 0 Å². The lowest BCUT2D eigenvalue weighted by atomic mass is 10.1. The Morgan fingerprint density at radius 3 is 2.96 bits per heavy atom. The molecule has 3 aliphatic heterocycles. The van der Waals surface area contributed by atoms with Crippen molar-refractivity contribution in [2.24, 2.45) is 0 Å².